The van der Waals surface area contributed by atoms with Gasteiger partial charge in [0.2, 0.25) is 0 Å². The lowest BCUT2D eigenvalue weighted by Gasteiger charge is -2.23. The van der Waals surface area contributed by atoms with E-state index in [0.29, 0.717) is 0 Å². The van der Waals surface area contributed by atoms with Crippen LogP contribution in [0.1, 0.15) is 17.2 Å². The molecule has 0 radical (unpaired) electrons. The first kappa shape index (κ1) is 12.8. The van der Waals surface area contributed by atoms with Gasteiger partial charge in [0.25, 0.3) is 0 Å². The number of aliphatic hydroxyl groups is 1. The van der Waals surface area contributed by atoms with E-state index in [4.69, 9.17) is 0 Å². The third-order valence-corrected chi connectivity index (χ3v) is 3.19. The van der Waals surface area contributed by atoms with Crippen molar-refractivity contribution < 1.29 is 5.11 Å². The fourth-order valence-electron chi connectivity index (χ4n) is 2.12. The Labute approximate surface area is 108 Å². The summed E-state index contributed by atoms with van der Waals surface area (Å²) in [5.41, 5.74) is 2.18. The molecule has 0 fully saturated rings. The van der Waals surface area contributed by atoms with Crippen LogP contribution in [0.5, 0.6) is 0 Å². The molecule has 0 aliphatic heterocycles. The van der Waals surface area contributed by atoms with E-state index in [1.807, 2.05) is 55.6 Å². The van der Waals surface area contributed by atoms with Crippen LogP contribution in [-0.4, -0.2) is 18.2 Å². The van der Waals surface area contributed by atoms with Gasteiger partial charge in [-0.15, -0.1) is 0 Å². The van der Waals surface area contributed by atoms with Crippen LogP contribution in [0.15, 0.2) is 60.7 Å². The molecule has 0 aliphatic rings. The van der Waals surface area contributed by atoms with Crippen molar-refractivity contribution in [2.45, 2.75) is 18.6 Å². The summed E-state index contributed by atoms with van der Waals surface area (Å²) >= 11 is 0. The molecule has 0 amide bonds. The molecule has 94 valence electrons. The number of hydrogen-bond acceptors (Lipinski definition) is 2. The molecule has 0 saturated heterocycles. The zero-order valence-corrected chi connectivity index (χ0v) is 10.6. The zero-order chi connectivity index (χ0) is 12.8. The van der Waals surface area contributed by atoms with Gasteiger partial charge in [-0.1, -0.05) is 60.7 Å². The van der Waals surface area contributed by atoms with Crippen molar-refractivity contribution in [2.24, 2.45) is 0 Å². The molecule has 0 aliphatic carbocycles. The standard InChI is InChI=1S/C16H19NO/c1-17-15(12-13-8-4-2-5-9-13)16(18)14-10-6-3-7-11-14/h2-11,15-18H,12H2,1H3/t15-,16+/m1/s1. The Morgan fingerprint density at radius 3 is 2.06 bits per heavy atom. The molecule has 2 nitrogen and oxygen atoms in total. The minimum absolute atomic E-state index is 0.0230. The van der Waals surface area contributed by atoms with Crippen molar-refractivity contribution in [2.75, 3.05) is 7.05 Å². The van der Waals surface area contributed by atoms with Crippen LogP contribution in [0, 0.1) is 0 Å². The van der Waals surface area contributed by atoms with Gasteiger partial charge in [-0.25, -0.2) is 0 Å². The van der Waals surface area contributed by atoms with Gasteiger partial charge in [0.1, 0.15) is 0 Å². The largest absolute Gasteiger partial charge is 0.387 e. The monoisotopic (exact) mass is 241 g/mol. The zero-order valence-electron chi connectivity index (χ0n) is 10.6. The molecule has 0 spiro atoms. The molecule has 2 heteroatoms. The average molecular weight is 241 g/mol. The number of likely N-dealkylation sites (N-methyl/N-ethyl adjacent to an activating group) is 1. The molecule has 0 aromatic heterocycles. The van der Waals surface area contributed by atoms with E-state index in [1.54, 1.807) is 0 Å². The summed E-state index contributed by atoms with van der Waals surface area (Å²) < 4.78 is 0. The van der Waals surface area contributed by atoms with E-state index in [9.17, 15) is 5.11 Å². The number of benzene rings is 2. The Kier molecular flexibility index (Phi) is 4.51. The average Bonchev–Trinajstić information content (AvgIpc) is 2.46. The van der Waals surface area contributed by atoms with Gasteiger partial charge in [-0.05, 0) is 24.6 Å². The van der Waals surface area contributed by atoms with Gasteiger partial charge < -0.3 is 10.4 Å². The Morgan fingerprint density at radius 1 is 0.944 bits per heavy atom. The van der Waals surface area contributed by atoms with Gasteiger partial charge in [0.15, 0.2) is 0 Å². The van der Waals surface area contributed by atoms with Crippen molar-refractivity contribution in [3.63, 3.8) is 0 Å². The predicted octanol–water partition coefficient (Wildman–Crippen LogP) is 2.55. The smallest absolute Gasteiger partial charge is 0.0946 e. The molecular formula is C16H19NO. The highest BCUT2D eigenvalue weighted by molar-refractivity contribution is 5.21. The topological polar surface area (TPSA) is 32.3 Å². The molecule has 0 heterocycles. The van der Waals surface area contributed by atoms with Crippen LogP contribution in [0.4, 0.5) is 0 Å². The Hall–Kier alpha value is -1.64. The van der Waals surface area contributed by atoms with Crippen molar-refractivity contribution in [1.82, 2.24) is 5.32 Å². The summed E-state index contributed by atoms with van der Waals surface area (Å²) in [5, 5.41) is 13.6. The summed E-state index contributed by atoms with van der Waals surface area (Å²) in [6.07, 6.45) is 0.323. The molecule has 0 bridgehead atoms. The Balaban J connectivity index is 2.09. The van der Waals surface area contributed by atoms with Crippen molar-refractivity contribution in [1.29, 1.82) is 0 Å². The van der Waals surface area contributed by atoms with Crippen LogP contribution in [0.3, 0.4) is 0 Å². The molecule has 2 aromatic rings. The van der Waals surface area contributed by atoms with Gasteiger partial charge in [-0.3, -0.25) is 0 Å². The highest BCUT2D eigenvalue weighted by atomic mass is 16.3. The maximum absolute atomic E-state index is 10.4. The fraction of sp³-hybridized carbons (Fsp3) is 0.250. The second-order valence-corrected chi connectivity index (χ2v) is 4.44. The Bertz CT molecular complexity index is 455. The quantitative estimate of drug-likeness (QED) is 0.843. The number of rotatable bonds is 5. The lowest BCUT2D eigenvalue weighted by atomic mass is 9.96. The first-order chi connectivity index (χ1) is 8.81. The number of aliphatic hydroxyl groups excluding tert-OH is 1. The fourth-order valence-corrected chi connectivity index (χ4v) is 2.12. The summed E-state index contributed by atoms with van der Waals surface area (Å²) in [7, 11) is 1.89. The lowest BCUT2D eigenvalue weighted by Crippen LogP contribution is -2.34. The van der Waals surface area contributed by atoms with E-state index in [-0.39, 0.29) is 6.04 Å². The van der Waals surface area contributed by atoms with E-state index >= 15 is 0 Å². The molecular weight excluding hydrogens is 222 g/mol. The second-order valence-electron chi connectivity index (χ2n) is 4.44. The summed E-state index contributed by atoms with van der Waals surface area (Å²) in [6, 6.07) is 20.0. The van der Waals surface area contributed by atoms with Crippen LogP contribution in [-0.2, 0) is 6.42 Å². The van der Waals surface area contributed by atoms with Gasteiger partial charge in [0, 0.05) is 6.04 Å². The highest BCUT2D eigenvalue weighted by Gasteiger charge is 2.19. The number of nitrogens with one attached hydrogen (secondary N) is 1. The number of hydrogen-bond donors (Lipinski definition) is 2. The van der Waals surface area contributed by atoms with E-state index < -0.39 is 6.10 Å². The van der Waals surface area contributed by atoms with Crippen LogP contribution in [0.2, 0.25) is 0 Å². The second kappa shape index (κ2) is 6.34. The lowest BCUT2D eigenvalue weighted by molar-refractivity contribution is 0.132. The molecule has 2 aromatic carbocycles. The first-order valence-electron chi connectivity index (χ1n) is 6.25. The maximum atomic E-state index is 10.4. The van der Waals surface area contributed by atoms with E-state index in [0.717, 1.165) is 12.0 Å². The van der Waals surface area contributed by atoms with E-state index in [1.165, 1.54) is 5.56 Å². The first-order valence-corrected chi connectivity index (χ1v) is 6.25. The summed E-state index contributed by atoms with van der Waals surface area (Å²) in [5.74, 6) is 0. The highest BCUT2D eigenvalue weighted by Crippen LogP contribution is 2.19. The van der Waals surface area contributed by atoms with Crippen LogP contribution < -0.4 is 5.32 Å². The minimum atomic E-state index is -0.489. The molecule has 18 heavy (non-hydrogen) atoms. The van der Waals surface area contributed by atoms with Crippen molar-refractivity contribution in [3.8, 4) is 0 Å². The van der Waals surface area contributed by atoms with Crippen molar-refractivity contribution >= 4 is 0 Å². The molecule has 2 N–H and O–H groups in total. The molecule has 2 rings (SSSR count). The van der Waals surface area contributed by atoms with Crippen molar-refractivity contribution in [3.05, 3.63) is 71.8 Å². The normalized spacial score (nSPS) is 14.1. The van der Waals surface area contributed by atoms with Gasteiger partial charge in [0.05, 0.1) is 6.10 Å². The summed E-state index contributed by atoms with van der Waals surface area (Å²) in [6.45, 7) is 0. The third-order valence-electron chi connectivity index (χ3n) is 3.19. The predicted molar refractivity (Wildman–Crippen MR) is 74.4 cm³/mol. The third kappa shape index (κ3) is 3.19. The molecule has 2 atom stereocenters. The van der Waals surface area contributed by atoms with Crippen LogP contribution >= 0.6 is 0 Å². The molecule has 0 unspecified atom stereocenters. The molecule has 0 saturated carbocycles. The SMILES string of the molecule is CN[C@H](Cc1ccccc1)[C@@H](O)c1ccccc1. The van der Waals surface area contributed by atoms with Gasteiger partial charge in [-0.2, -0.15) is 0 Å². The maximum Gasteiger partial charge on any atom is 0.0946 e. The van der Waals surface area contributed by atoms with Crippen LogP contribution in [0.25, 0.3) is 0 Å². The van der Waals surface area contributed by atoms with E-state index in [2.05, 4.69) is 17.4 Å². The summed E-state index contributed by atoms with van der Waals surface area (Å²) in [4.78, 5) is 0. The Morgan fingerprint density at radius 2 is 1.50 bits per heavy atom. The minimum Gasteiger partial charge on any atom is -0.387 e. The van der Waals surface area contributed by atoms with Gasteiger partial charge >= 0.3 is 0 Å².